The molecule has 4 nitrogen and oxygen atoms in total. The molecule has 0 unspecified atom stereocenters. The quantitative estimate of drug-likeness (QED) is 0.882. The van der Waals surface area contributed by atoms with Crippen LogP contribution in [0, 0.1) is 5.82 Å². The largest absolute Gasteiger partial charge is 0.437 e. The summed E-state index contributed by atoms with van der Waals surface area (Å²) in [7, 11) is 0. The van der Waals surface area contributed by atoms with Gasteiger partial charge in [-0.15, -0.1) is 0 Å². The third-order valence-corrected chi connectivity index (χ3v) is 2.36. The van der Waals surface area contributed by atoms with Crippen molar-refractivity contribution in [2.24, 2.45) is 5.73 Å². The number of nitrogens with two attached hydrogens (primary N) is 1. The average molecular weight is 287 g/mol. The minimum atomic E-state index is -4.79. The lowest BCUT2D eigenvalue weighted by atomic mass is 10.2. The SMILES string of the molecule is NCc1cnc(Oc2ccc(F)c(C(F)(F)F)c2)cn1. The van der Waals surface area contributed by atoms with Crippen molar-refractivity contribution in [2.75, 3.05) is 0 Å². The Morgan fingerprint density at radius 2 is 1.90 bits per heavy atom. The molecule has 1 aromatic heterocycles. The first-order valence-electron chi connectivity index (χ1n) is 5.45. The fraction of sp³-hybridized carbons (Fsp3) is 0.167. The maximum Gasteiger partial charge on any atom is 0.419 e. The zero-order valence-corrected chi connectivity index (χ0v) is 9.99. The molecule has 0 bridgehead atoms. The van der Waals surface area contributed by atoms with E-state index in [1.165, 1.54) is 12.4 Å². The highest BCUT2D eigenvalue weighted by Gasteiger charge is 2.34. The van der Waals surface area contributed by atoms with Gasteiger partial charge in [-0.05, 0) is 18.2 Å². The monoisotopic (exact) mass is 287 g/mol. The summed E-state index contributed by atoms with van der Waals surface area (Å²) in [5.41, 5.74) is 4.43. The Balaban J connectivity index is 2.25. The summed E-state index contributed by atoms with van der Waals surface area (Å²) in [6.45, 7) is 0.183. The van der Waals surface area contributed by atoms with Crippen LogP contribution in [0.2, 0.25) is 0 Å². The molecule has 0 amide bonds. The lowest BCUT2D eigenvalue weighted by Gasteiger charge is -2.10. The second kappa shape index (κ2) is 5.41. The van der Waals surface area contributed by atoms with Crippen LogP contribution in [0.4, 0.5) is 17.6 Å². The molecule has 0 aliphatic heterocycles. The summed E-state index contributed by atoms with van der Waals surface area (Å²) >= 11 is 0. The van der Waals surface area contributed by atoms with E-state index in [-0.39, 0.29) is 18.2 Å². The minimum absolute atomic E-state index is 0.0121. The fourth-order valence-electron chi connectivity index (χ4n) is 1.41. The van der Waals surface area contributed by atoms with Crippen molar-refractivity contribution in [3.63, 3.8) is 0 Å². The Kier molecular flexibility index (Phi) is 3.84. The van der Waals surface area contributed by atoms with E-state index >= 15 is 0 Å². The number of alkyl halides is 3. The van der Waals surface area contributed by atoms with Gasteiger partial charge in [0.25, 0.3) is 0 Å². The van der Waals surface area contributed by atoms with Crippen LogP contribution in [0.1, 0.15) is 11.3 Å². The molecule has 106 valence electrons. The molecule has 0 saturated carbocycles. The summed E-state index contributed by atoms with van der Waals surface area (Å²) < 4.78 is 55.8. The third kappa shape index (κ3) is 3.21. The molecule has 0 spiro atoms. The Morgan fingerprint density at radius 1 is 1.15 bits per heavy atom. The van der Waals surface area contributed by atoms with Crippen LogP contribution in [0.5, 0.6) is 11.6 Å². The summed E-state index contributed by atoms with van der Waals surface area (Å²) in [5.74, 6) is -1.56. The third-order valence-electron chi connectivity index (χ3n) is 2.36. The van der Waals surface area contributed by atoms with E-state index in [4.69, 9.17) is 10.5 Å². The van der Waals surface area contributed by atoms with Crippen LogP contribution in [0.25, 0.3) is 0 Å². The lowest BCUT2D eigenvalue weighted by molar-refractivity contribution is -0.140. The number of nitrogens with zero attached hydrogens (tertiary/aromatic N) is 2. The predicted octanol–water partition coefficient (Wildman–Crippen LogP) is 2.89. The van der Waals surface area contributed by atoms with Crippen molar-refractivity contribution in [1.82, 2.24) is 9.97 Å². The number of halogens is 4. The molecule has 1 aromatic carbocycles. The number of hydrogen-bond donors (Lipinski definition) is 1. The van der Waals surface area contributed by atoms with Crippen LogP contribution in [-0.2, 0) is 12.7 Å². The molecule has 0 saturated heterocycles. The summed E-state index contributed by atoms with van der Waals surface area (Å²) in [4.78, 5) is 7.69. The summed E-state index contributed by atoms with van der Waals surface area (Å²) in [6, 6.07) is 2.32. The van der Waals surface area contributed by atoms with E-state index in [0.29, 0.717) is 17.8 Å². The van der Waals surface area contributed by atoms with Crippen LogP contribution < -0.4 is 10.5 Å². The van der Waals surface area contributed by atoms with E-state index in [1.54, 1.807) is 0 Å². The van der Waals surface area contributed by atoms with Gasteiger partial charge in [0.2, 0.25) is 5.88 Å². The van der Waals surface area contributed by atoms with E-state index in [2.05, 4.69) is 9.97 Å². The van der Waals surface area contributed by atoms with Gasteiger partial charge >= 0.3 is 6.18 Å². The summed E-state index contributed by atoms with van der Waals surface area (Å²) in [6.07, 6.45) is -2.24. The maximum atomic E-state index is 13.1. The maximum absolute atomic E-state index is 13.1. The molecule has 2 rings (SSSR count). The Morgan fingerprint density at radius 3 is 2.45 bits per heavy atom. The van der Waals surface area contributed by atoms with Gasteiger partial charge in [0, 0.05) is 6.54 Å². The molecule has 0 atom stereocenters. The van der Waals surface area contributed by atoms with E-state index in [9.17, 15) is 17.6 Å². The molecule has 0 aliphatic carbocycles. The highest BCUT2D eigenvalue weighted by Crippen LogP contribution is 2.34. The normalized spacial score (nSPS) is 11.4. The highest BCUT2D eigenvalue weighted by molar-refractivity contribution is 5.33. The van der Waals surface area contributed by atoms with Gasteiger partial charge in [0.1, 0.15) is 11.6 Å². The first-order valence-corrected chi connectivity index (χ1v) is 5.45. The molecular formula is C12H9F4N3O. The first kappa shape index (κ1) is 14.2. The number of benzene rings is 1. The van der Waals surface area contributed by atoms with Crippen molar-refractivity contribution in [3.8, 4) is 11.6 Å². The molecule has 8 heteroatoms. The van der Waals surface area contributed by atoms with Crippen molar-refractivity contribution in [1.29, 1.82) is 0 Å². The molecule has 0 fully saturated rings. The van der Waals surface area contributed by atoms with Gasteiger partial charge in [-0.25, -0.2) is 9.37 Å². The van der Waals surface area contributed by atoms with Crippen LogP contribution >= 0.6 is 0 Å². The van der Waals surface area contributed by atoms with Gasteiger partial charge in [-0.3, -0.25) is 4.98 Å². The van der Waals surface area contributed by atoms with Crippen molar-refractivity contribution in [2.45, 2.75) is 12.7 Å². The van der Waals surface area contributed by atoms with Gasteiger partial charge in [0.15, 0.2) is 0 Å². The molecule has 2 aromatic rings. The van der Waals surface area contributed by atoms with E-state index < -0.39 is 17.6 Å². The highest BCUT2D eigenvalue weighted by atomic mass is 19.4. The second-order valence-corrected chi connectivity index (χ2v) is 3.79. The Bertz CT molecular complexity index is 599. The van der Waals surface area contributed by atoms with Gasteiger partial charge < -0.3 is 10.5 Å². The lowest BCUT2D eigenvalue weighted by Crippen LogP contribution is -2.08. The van der Waals surface area contributed by atoms with Gasteiger partial charge in [-0.1, -0.05) is 0 Å². The molecule has 0 aliphatic rings. The van der Waals surface area contributed by atoms with Crippen molar-refractivity contribution >= 4 is 0 Å². The Hall–Kier alpha value is -2.22. The molecule has 2 N–H and O–H groups in total. The zero-order chi connectivity index (χ0) is 14.8. The number of hydrogen-bond acceptors (Lipinski definition) is 4. The van der Waals surface area contributed by atoms with Crippen LogP contribution in [0.15, 0.2) is 30.6 Å². The van der Waals surface area contributed by atoms with Crippen LogP contribution in [0.3, 0.4) is 0 Å². The minimum Gasteiger partial charge on any atom is -0.437 e. The number of aromatic nitrogens is 2. The van der Waals surface area contributed by atoms with Gasteiger partial charge in [0.05, 0.1) is 23.7 Å². The average Bonchev–Trinajstić information content (AvgIpc) is 2.40. The standard InChI is InChI=1S/C12H9F4N3O/c13-10-2-1-8(3-9(10)12(14,15)16)20-11-6-18-7(4-17)5-19-11/h1-3,5-6H,4,17H2. The second-order valence-electron chi connectivity index (χ2n) is 3.79. The number of ether oxygens (including phenoxy) is 1. The fourth-order valence-corrected chi connectivity index (χ4v) is 1.41. The predicted molar refractivity (Wildman–Crippen MR) is 61.4 cm³/mol. The Labute approximate surface area is 111 Å². The molecule has 20 heavy (non-hydrogen) atoms. The topological polar surface area (TPSA) is 61.0 Å². The smallest absolute Gasteiger partial charge is 0.419 e. The molecule has 0 radical (unpaired) electrons. The van der Waals surface area contributed by atoms with Crippen molar-refractivity contribution < 1.29 is 22.3 Å². The summed E-state index contributed by atoms with van der Waals surface area (Å²) in [5, 5.41) is 0. The molecule has 1 heterocycles. The van der Waals surface area contributed by atoms with E-state index in [1.807, 2.05) is 0 Å². The number of rotatable bonds is 3. The van der Waals surface area contributed by atoms with Crippen LogP contribution in [-0.4, -0.2) is 9.97 Å². The zero-order valence-electron chi connectivity index (χ0n) is 9.99. The first-order chi connectivity index (χ1) is 9.40. The van der Waals surface area contributed by atoms with Crippen molar-refractivity contribution in [3.05, 3.63) is 47.7 Å². The molecular weight excluding hydrogens is 278 g/mol. The van der Waals surface area contributed by atoms with E-state index in [0.717, 1.165) is 6.07 Å². The van der Waals surface area contributed by atoms with Gasteiger partial charge in [-0.2, -0.15) is 13.2 Å².